The fraction of sp³-hybridized carbons (Fsp3) is 0.200. The molecule has 4 aromatic carbocycles. The zero-order chi connectivity index (χ0) is 20.1. The Morgan fingerprint density at radius 2 is 1.17 bits per heavy atom. The van der Waals surface area contributed by atoms with Gasteiger partial charge < -0.3 is 16.0 Å². The summed E-state index contributed by atoms with van der Waals surface area (Å²) in [6.45, 7) is 5.71. The molecule has 29 heavy (non-hydrogen) atoms. The van der Waals surface area contributed by atoms with E-state index >= 15 is 0 Å². The molecule has 0 saturated heterocycles. The minimum atomic E-state index is 0.856. The van der Waals surface area contributed by atoms with E-state index in [1.54, 1.807) is 0 Å². The van der Waals surface area contributed by atoms with E-state index in [0.717, 1.165) is 36.8 Å². The van der Waals surface area contributed by atoms with E-state index < -0.39 is 0 Å². The van der Waals surface area contributed by atoms with Crippen molar-refractivity contribution in [1.82, 2.24) is 5.32 Å². The van der Waals surface area contributed by atoms with Gasteiger partial charge in [0.2, 0.25) is 0 Å². The summed E-state index contributed by atoms with van der Waals surface area (Å²) >= 11 is 4.62. The highest BCUT2D eigenvalue weighted by Gasteiger charge is 2.05. The predicted octanol–water partition coefficient (Wildman–Crippen LogP) is 5.70. The average Bonchev–Trinajstić information content (AvgIpc) is 2.75. The second-order valence-corrected chi connectivity index (χ2v) is 7.74. The van der Waals surface area contributed by atoms with Crippen LogP contribution in [0, 0.1) is 6.92 Å². The van der Waals surface area contributed by atoms with Crippen LogP contribution in [-0.2, 0) is 0 Å². The third-order valence-corrected chi connectivity index (χ3v) is 5.62. The largest absolute Gasteiger partial charge is 0.383 e. The average molecular weight is 402 g/mol. The van der Waals surface area contributed by atoms with Gasteiger partial charge in [-0.15, -0.1) is 12.6 Å². The lowest BCUT2D eigenvalue weighted by Crippen LogP contribution is -2.27. The zero-order valence-electron chi connectivity index (χ0n) is 16.7. The molecule has 0 aromatic heterocycles. The Morgan fingerprint density at radius 1 is 0.621 bits per heavy atom. The number of nitrogens with one attached hydrogen (secondary N) is 3. The SMILES string of the molecule is Cc1ccc2ccccc2c1NCCNCCNc1c(S)ccc2ccccc12. The lowest BCUT2D eigenvalue weighted by atomic mass is 10.0. The summed E-state index contributed by atoms with van der Waals surface area (Å²) in [6.07, 6.45) is 0. The smallest absolute Gasteiger partial charge is 0.0555 e. The van der Waals surface area contributed by atoms with E-state index in [0.29, 0.717) is 0 Å². The fourth-order valence-corrected chi connectivity index (χ4v) is 4.01. The first-order valence-corrected chi connectivity index (χ1v) is 10.6. The van der Waals surface area contributed by atoms with E-state index in [-0.39, 0.29) is 0 Å². The molecule has 0 spiro atoms. The second kappa shape index (κ2) is 9.21. The van der Waals surface area contributed by atoms with Crippen LogP contribution in [0.4, 0.5) is 11.4 Å². The van der Waals surface area contributed by atoms with Gasteiger partial charge in [0, 0.05) is 47.5 Å². The minimum Gasteiger partial charge on any atom is -0.383 e. The Labute approximate surface area is 177 Å². The Bertz CT molecular complexity index is 1030. The van der Waals surface area contributed by atoms with Gasteiger partial charge in [-0.05, 0) is 29.3 Å². The third-order valence-electron chi connectivity index (χ3n) is 5.25. The van der Waals surface area contributed by atoms with Crippen molar-refractivity contribution in [1.29, 1.82) is 0 Å². The molecule has 148 valence electrons. The van der Waals surface area contributed by atoms with E-state index in [1.165, 1.54) is 32.8 Å². The van der Waals surface area contributed by atoms with E-state index in [1.807, 2.05) is 0 Å². The molecule has 0 unspecified atom stereocenters. The van der Waals surface area contributed by atoms with Gasteiger partial charge in [-0.2, -0.15) is 0 Å². The second-order valence-electron chi connectivity index (χ2n) is 7.26. The van der Waals surface area contributed by atoms with Crippen LogP contribution in [0.5, 0.6) is 0 Å². The molecule has 4 aromatic rings. The molecule has 0 saturated carbocycles. The molecule has 0 bridgehead atoms. The molecule has 0 amide bonds. The molecule has 0 radical (unpaired) electrons. The monoisotopic (exact) mass is 401 g/mol. The molecule has 0 atom stereocenters. The van der Waals surface area contributed by atoms with Gasteiger partial charge in [0.25, 0.3) is 0 Å². The summed E-state index contributed by atoms with van der Waals surface area (Å²) in [5, 5.41) is 15.7. The lowest BCUT2D eigenvalue weighted by Gasteiger charge is -2.15. The third kappa shape index (κ3) is 4.50. The number of anilines is 2. The molecule has 0 aliphatic heterocycles. The van der Waals surface area contributed by atoms with Gasteiger partial charge in [0.15, 0.2) is 0 Å². The number of aryl methyl sites for hydroxylation is 1. The first-order valence-electron chi connectivity index (χ1n) is 10.1. The van der Waals surface area contributed by atoms with Gasteiger partial charge in [-0.3, -0.25) is 0 Å². The lowest BCUT2D eigenvalue weighted by molar-refractivity contribution is 0.719. The van der Waals surface area contributed by atoms with Crippen molar-refractivity contribution in [2.45, 2.75) is 11.8 Å². The maximum atomic E-state index is 4.62. The number of thiol groups is 1. The maximum Gasteiger partial charge on any atom is 0.0555 e. The summed E-state index contributed by atoms with van der Waals surface area (Å²) in [6, 6.07) is 25.5. The van der Waals surface area contributed by atoms with Gasteiger partial charge in [0.05, 0.1) is 5.69 Å². The summed E-state index contributed by atoms with van der Waals surface area (Å²) in [7, 11) is 0. The topological polar surface area (TPSA) is 36.1 Å². The molecule has 3 N–H and O–H groups in total. The summed E-state index contributed by atoms with van der Waals surface area (Å²) in [4.78, 5) is 0.983. The molecule has 0 fully saturated rings. The van der Waals surface area contributed by atoms with Crippen LogP contribution in [0.3, 0.4) is 0 Å². The van der Waals surface area contributed by atoms with Crippen LogP contribution in [0.1, 0.15) is 5.56 Å². The Kier molecular flexibility index (Phi) is 6.23. The molecule has 4 rings (SSSR count). The first kappa shape index (κ1) is 19.6. The van der Waals surface area contributed by atoms with Crippen molar-refractivity contribution in [3.8, 4) is 0 Å². The van der Waals surface area contributed by atoms with Crippen LogP contribution >= 0.6 is 12.6 Å². The Morgan fingerprint density at radius 3 is 1.86 bits per heavy atom. The first-order chi connectivity index (χ1) is 14.2. The number of hydrogen-bond acceptors (Lipinski definition) is 4. The highest BCUT2D eigenvalue weighted by Crippen LogP contribution is 2.29. The van der Waals surface area contributed by atoms with Gasteiger partial charge in [-0.1, -0.05) is 66.7 Å². The van der Waals surface area contributed by atoms with E-state index in [2.05, 4.69) is 108 Å². The van der Waals surface area contributed by atoms with Crippen molar-refractivity contribution < 1.29 is 0 Å². The van der Waals surface area contributed by atoms with Crippen LogP contribution in [0.15, 0.2) is 77.7 Å². The van der Waals surface area contributed by atoms with Crippen molar-refractivity contribution in [3.05, 3.63) is 78.4 Å². The van der Waals surface area contributed by atoms with Gasteiger partial charge >= 0.3 is 0 Å². The molecular formula is C25H27N3S. The summed E-state index contributed by atoms with van der Waals surface area (Å²) in [5.41, 5.74) is 3.62. The van der Waals surface area contributed by atoms with E-state index in [9.17, 15) is 0 Å². The Balaban J connectivity index is 1.27. The standard InChI is InChI=1S/C25H27N3S/c1-18-10-11-19-6-2-4-8-21(19)24(18)27-16-14-26-15-17-28-25-22-9-5-3-7-20(22)12-13-23(25)29/h2-13,26-29H,14-17H2,1H3. The number of hydrogen-bond donors (Lipinski definition) is 4. The van der Waals surface area contributed by atoms with E-state index in [4.69, 9.17) is 0 Å². The molecule has 0 aliphatic rings. The number of benzene rings is 4. The quantitative estimate of drug-likeness (QED) is 0.226. The van der Waals surface area contributed by atoms with Crippen LogP contribution < -0.4 is 16.0 Å². The highest BCUT2D eigenvalue weighted by molar-refractivity contribution is 7.80. The fourth-order valence-electron chi connectivity index (χ4n) is 3.74. The van der Waals surface area contributed by atoms with Crippen LogP contribution in [0.25, 0.3) is 21.5 Å². The van der Waals surface area contributed by atoms with Crippen molar-refractivity contribution in [2.24, 2.45) is 0 Å². The molecular weight excluding hydrogens is 374 g/mol. The zero-order valence-corrected chi connectivity index (χ0v) is 17.6. The van der Waals surface area contributed by atoms with Crippen molar-refractivity contribution in [3.63, 3.8) is 0 Å². The van der Waals surface area contributed by atoms with Crippen molar-refractivity contribution >= 4 is 45.5 Å². The Hall–Kier alpha value is -2.69. The normalized spacial score (nSPS) is 11.1. The molecule has 3 nitrogen and oxygen atoms in total. The van der Waals surface area contributed by atoms with Crippen LogP contribution in [0.2, 0.25) is 0 Å². The van der Waals surface area contributed by atoms with Gasteiger partial charge in [0.1, 0.15) is 0 Å². The minimum absolute atomic E-state index is 0.856. The van der Waals surface area contributed by atoms with Gasteiger partial charge in [-0.25, -0.2) is 0 Å². The molecule has 0 heterocycles. The van der Waals surface area contributed by atoms with Crippen LogP contribution in [-0.4, -0.2) is 26.2 Å². The predicted molar refractivity (Wildman–Crippen MR) is 130 cm³/mol. The van der Waals surface area contributed by atoms with Crippen molar-refractivity contribution in [2.75, 3.05) is 36.8 Å². The summed E-state index contributed by atoms with van der Waals surface area (Å²) in [5.74, 6) is 0. The highest BCUT2D eigenvalue weighted by atomic mass is 32.1. The molecule has 4 heteroatoms. The maximum absolute atomic E-state index is 4.62. The summed E-state index contributed by atoms with van der Waals surface area (Å²) < 4.78 is 0. The number of rotatable bonds is 8. The molecule has 0 aliphatic carbocycles. The number of fused-ring (bicyclic) bond motifs is 2.